The largest absolute Gasteiger partial charge is 0.493 e. The standard InChI is InChI=1S/C20H28N2O3/c1-14(17-13-25-19-6-3-2-5-16(17)19)21-20(23)22-10-8-15(9-11-22)18-7-4-12-24-18/h2-3,5-6,14-15,17-18H,4,7-13H2,1H3,(H,21,23)/t14-,17+,18-/m0/s1. The molecule has 3 heterocycles. The van der Waals surface area contributed by atoms with Gasteiger partial charge in [-0.2, -0.15) is 0 Å². The van der Waals surface area contributed by atoms with Crippen molar-refractivity contribution < 1.29 is 14.3 Å². The number of carbonyl (C=O) groups excluding carboxylic acids is 1. The Hall–Kier alpha value is -1.75. The third-order valence-electron chi connectivity index (χ3n) is 6.01. The van der Waals surface area contributed by atoms with Crippen molar-refractivity contribution in [3.05, 3.63) is 29.8 Å². The molecule has 3 atom stereocenters. The number of amides is 2. The van der Waals surface area contributed by atoms with Crippen molar-refractivity contribution in [3.8, 4) is 5.75 Å². The molecule has 1 N–H and O–H groups in total. The smallest absolute Gasteiger partial charge is 0.317 e. The fourth-order valence-corrected chi connectivity index (χ4v) is 4.44. The minimum atomic E-state index is 0.0580. The number of benzene rings is 1. The predicted molar refractivity (Wildman–Crippen MR) is 95.9 cm³/mol. The highest BCUT2D eigenvalue weighted by atomic mass is 16.5. The zero-order valence-corrected chi connectivity index (χ0v) is 14.9. The Labute approximate surface area is 149 Å². The number of para-hydroxylation sites is 1. The first-order valence-electron chi connectivity index (χ1n) is 9.61. The molecular formula is C20H28N2O3. The molecule has 1 aromatic carbocycles. The van der Waals surface area contributed by atoms with Gasteiger partial charge in [-0.3, -0.25) is 0 Å². The van der Waals surface area contributed by atoms with E-state index in [0.717, 1.165) is 38.3 Å². The third kappa shape index (κ3) is 3.47. The number of nitrogens with one attached hydrogen (secondary N) is 1. The number of likely N-dealkylation sites (tertiary alicyclic amines) is 1. The van der Waals surface area contributed by atoms with E-state index >= 15 is 0 Å². The van der Waals surface area contributed by atoms with Crippen LogP contribution in [-0.2, 0) is 4.74 Å². The van der Waals surface area contributed by atoms with E-state index in [-0.39, 0.29) is 18.0 Å². The summed E-state index contributed by atoms with van der Waals surface area (Å²) in [6.07, 6.45) is 4.92. The molecule has 0 unspecified atom stereocenters. The highest BCUT2D eigenvalue weighted by Gasteiger charge is 2.33. The van der Waals surface area contributed by atoms with Gasteiger partial charge in [-0.05, 0) is 44.6 Å². The highest BCUT2D eigenvalue weighted by Crippen LogP contribution is 2.35. The van der Waals surface area contributed by atoms with Gasteiger partial charge in [0.15, 0.2) is 0 Å². The van der Waals surface area contributed by atoms with Crippen molar-refractivity contribution in [2.45, 2.75) is 50.7 Å². The van der Waals surface area contributed by atoms with Crippen LogP contribution in [-0.4, -0.2) is 49.4 Å². The van der Waals surface area contributed by atoms with Crippen LogP contribution in [0.2, 0.25) is 0 Å². The number of carbonyl (C=O) groups is 1. The molecule has 136 valence electrons. The Morgan fingerprint density at radius 2 is 2.04 bits per heavy atom. The van der Waals surface area contributed by atoms with E-state index in [2.05, 4.69) is 18.3 Å². The van der Waals surface area contributed by atoms with Gasteiger partial charge in [-0.1, -0.05) is 18.2 Å². The number of hydrogen-bond acceptors (Lipinski definition) is 3. The number of fused-ring (bicyclic) bond motifs is 1. The molecule has 2 amide bonds. The van der Waals surface area contributed by atoms with Gasteiger partial charge >= 0.3 is 6.03 Å². The second kappa shape index (κ2) is 7.24. The van der Waals surface area contributed by atoms with Gasteiger partial charge in [0.1, 0.15) is 5.75 Å². The van der Waals surface area contributed by atoms with Crippen molar-refractivity contribution in [2.24, 2.45) is 5.92 Å². The van der Waals surface area contributed by atoms with Crippen molar-refractivity contribution in [1.29, 1.82) is 0 Å². The van der Waals surface area contributed by atoms with Crippen LogP contribution in [0, 0.1) is 5.92 Å². The van der Waals surface area contributed by atoms with Crippen LogP contribution in [0.25, 0.3) is 0 Å². The molecule has 0 bridgehead atoms. The maximum Gasteiger partial charge on any atom is 0.317 e. The van der Waals surface area contributed by atoms with Gasteiger partial charge in [-0.25, -0.2) is 4.79 Å². The van der Waals surface area contributed by atoms with Crippen molar-refractivity contribution in [2.75, 3.05) is 26.3 Å². The number of rotatable bonds is 3. The van der Waals surface area contributed by atoms with Crippen LogP contribution in [0.5, 0.6) is 5.75 Å². The summed E-state index contributed by atoms with van der Waals surface area (Å²) in [6, 6.07) is 8.24. The number of piperidine rings is 1. The minimum absolute atomic E-state index is 0.0580. The summed E-state index contributed by atoms with van der Waals surface area (Å²) in [5, 5.41) is 3.19. The Morgan fingerprint density at radius 3 is 2.80 bits per heavy atom. The zero-order chi connectivity index (χ0) is 17.2. The average molecular weight is 344 g/mol. The first-order chi connectivity index (χ1) is 12.2. The lowest BCUT2D eigenvalue weighted by Crippen LogP contribution is -2.49. The van der Waals surface area contributed by atoms with Gasteiger partial charge in [0, 0.05) is 37.2 Å². The van der Waals surface area contributed by atoms with Crippen molar-refractivity contribution in [3.63, 3.8) is 0 Å². The number of hydrogen-bond donors (Lipinski definition) is 1. The van der Waals surface area contributed by atoms with E-state index in [1.54, 1.807) is 0 Å². The van der Waals surface area contributed by atoms with Gasteiger partial charge in [0.05, 0.1) is 12.7 Å². The molecule has 0 spiro atoms. The molecule has 2 fully saturated rings. The van der Waals surface area contributed by atoms with Crippen molar-refractivity contribution in [1.82, 2.24) is 10.2 Å². The number of nitrogens with zero attached hydrogens (tertiary/aromatic N) is 1. The molecular weight excluding hydrogens is 316 g/mol. The van der Waals surface area contributed by atoms with Gasteiger partial charge in [-0.15, -0.1) is 0 Å². The molecule has 2 saturated heterocycles. The van der Waals surface area contributed by atoms with Gasteiger partial charge in [0.2, 0.25) is 0 Å². The summed E-state index contributed by atoms with van der Waals surface area (Å²) in [6.45, 7) is 5.30. The lowest BCUT2D eigenvalue weighted by molar-refractivity contribution is 0.0370. The van der Waals surface area contributed by atoms with E-state index in [4.69, 9.17) is 9.47 Å². The van der Waals surface area contributed by atoms with Crippen LogP contribution in [0.15, 0.2) is 24.3 Å². The normalized spacial score (nSPS) is 27.6. The molecule has 3 aliphatic rings. The topological polar surface area (TPSA) is 50.8 Å². The monoisotopic (exact) mass is 344 g/mol. The van der Waals surface area contributed by atoms with Crippen LogP contribution < -0.4 is 10.1 Å². The molecule has 0 saturated carbocycles. The van der Waals surface area contributed by atoms with E-state index in [1.807, 2.05) is 23.1 Å². The first-order valence-corrected chi connectivity index (χ1v) is 9.61. The molecule has 25 heavy (non-hydrogen) atoms. The number of ether oxygens (including phenoxy) is 2. The molecule has 5 nitrogen and oxygen atoms in total. The predicted octanol–water partition coefficient (Wildman–Crippen LogP) is 3.15. The molecule has 1 aromatic rings. The quantitative estimate of drug-likeness (QED) is 0.916. The Morgan fingerprint density at radius 1 is 1.24 bits per heavy atom. The van der Waals surface area contributed by atoms with Gasteiger partial charge in [0.25, 0.3) is 0 Å². The molecule has 0 radical (unpaired) electrons. The molecule has 0 aromatic heterocycles. The number of urea groups is 1. The van der Waals surface area contributed by atoms with E-state index < -0.39 is 0 Å². The molecule has 3 aliphatic heterocycles. The summed E-state index contributed by atoms with van der Waals surface area (Å²) < 4.78 is 11.6. The fourth-order valence-electron chi connectivity index (χ4n) is 4.44. The Bertz CT molecular complexity index is 607. The van der Waals surface area contributed by atoms with E-state index in [1.165, 1.54) is 18.4 Å². The van der Waals surface area contributed by atoms with Crippen LogP contribution in [0.4, 0.5) is 4.79 Å². The van der Waals surface area contributed by atoms with E-state index in [0.29, 0.717) is 18.6 Å². The van der Waals surface area contributed by atoms with Crippen LogP contribution >= 0.6 is 0 Å². The third-order valence-corrected chi connectivity index (χ3v) is 6.01. The SMILES string of the molecule is C[C@H](NC(=O)N1CCC([C@@H]2CCCO2)CC1)[C@H]1COc2ccccc21. The average Bonchev–Trinajstić information content (AvgIpc) is 3.31. The van der Waals surface area contributed by atoms with E-state index in [9.17, 15) is 4.79 Å². The summed E-state index contributed by atoms with van der Waals surface area (Å²) in [4.78, 5) is 14.6. The van der Waals surface area contributed by atoms with Gasteiger partial charge < -0.3 is 19.7 Å². The van der Waals surface area contributed by atoms with Crippen LogP contribution in [0.3, 0.4) is 0 Å². The minimum Gasteiger partial charge on any atom is -0.493 e. The zero-order valence-electron chi connectivity index (χ0n) is 14.9. The maximum atomic E-state index is 12.6. The first kappa shape index (κ1) is 16.7. The second-order valence-electron chi connectivity index (χ2n) is 7.57. The lowest BCUT2D eigenvalue weighted by atomic mass is 9.90. The summed E-state index contributed by atoms with van der Waals surface area (Å²) in [5.74, 6) is 1.80. The molecule has 0 aliphatic carbocycles. The molecule has 4 rings (SSSR count). The second-order valence-corrected chi connectivity index (χ2v) is 7.57. The lowest BCUT2D eigenvalue weighted by Gasteiger charge is -2.35. The van der Waals surface area contributed by atoms with Crippen LogP contribution in [0.1, 0.15) is 44.1 Å². The maximum absolute atomic E-state index is 12.6. The highest BCUT2D eigenvalue weighted by molar-refractivity contribution is 5.74. The fraction of sp³-hybridized carbons (Fsp3) is 0.650. The summed E-state index contributed by atoms with van der Waals surface area (Å²) in [7, 11) is 0. The summed E-state index contributed by atoms with van der Waals surface area (Å²) >= 11 is 0. The summed E-state index contributed by atoms with van der Waals surface area (Å²) in [5.41, 5.74) is 1.20. The Kier molecular flexibility index (Phi) is 4.84. The molecule has 5 heteroatoms. The Balaban J connectivity index is 1.29. The van der Waals surface area contributed by atoms with Crippen molar-refractivity contribution >= 4 is 6.03 Å².